The summed E-state index contributed by atoms with van der Waals surface area (Å²) in [6.45, 7) is 3.87. The van der Waals surface area contributed by atoms with Crippen molar-refractivity contribution in [3.8, 4) is 0 Å². The molecule has 1 saturated heterocycles. The number of carbonyl (C=O) groups is 1. The van der Waals surface area contributed by atoms with Crippen LogP contribution >= 0.6 is 0 Å². The summed E-state index contributed by atoms with van der Waals surface area (Å²) in [5, 5.41) is 7.39. The topological polar surface area (TPSA) is 103 Å². The van der Waals surface area contributed by atoms with Gasteiger partial charge >= 0.3 is 5.97 Å². The van der Waals surface area contributed by atoms with Gasteiger partial charge in [0.1, 0.15) is 0 Å². The molecule has 2 heterocycles. The Balaban J connectivity index is 1.75. The summed E-state index contributed by atoms with van der Waals surface area (Å²) in [5.41, 5.74) is 0.159. The molecule has 1 aromatic heterocycles. The Bertz CT molecular complexity index is 893. The first kappa shape index (κ1) is 18.5. The fraction of sp³-hybridized carbons (Fsp3) is 0.471. The van der Waals surface area contributed by atoms with Crippen LogP contribution in [0.3, 0.4) is 0 Å². The summed E-state index contributed by atoms with van der Waals surface area (Å²) in [6.07, 6.45) is 2.70. The van der Waals surface area contributed by atoms with Crippen LogP contribution in [-0.2, 0) is 21.4 Å². The number of benzene rings is 1. The number of sulfonamides is 1. The molecule has 1 atom stereocenters. The first-order chi connectivity index (χ1) is 12.4. The molecule has 1 unspecified atom stereocenters. The van der Waals surface area contributed by atoms with Gasteiger partial charge in [-0.15, -0.1) is 10.2 Å². The lowest BCUT2D eigenvalue weighted by atomic mass is 10.1. The van der Waals surface area contributed by atoms with Gasteiger partial charge < -0.3 is 9.15 Å². The van der Waals surface area contributed by atoms with E-state index < -0.39 is 16.0 Å². The van der Waals surface area contributed by atoms with Crippen LogP contribution in [0, 0.1) is 6.92 Å². The molecule has 0 bridgehead atoms. The molecule has 0 radical (unpaired) electrons. The molecule has 0 saturated carbocycles. The number of carbonyl (C=O) groups excluding carboxylic acids is 1. The highest BCUT2D eigenvalue weighted by Crippen LogP contribution is 2.25. The first-order valence-electron chi connectivity index (χ1n) is 8.46. The van der Waals surface area contributed by atoms with Crippen molar-refractivity contribution >= 4 is 16.0 Å². The highest BCUT2D eigenvalue weighted by atomic mass is 32.2. The summed E-state index contributed by atoms with van der Waals surface area (Å²) in [5.74, 6) is -0.0915. The third-order valence-corrected chi connectivity index (χ3v) is 6.32. The summed E-state index contributed by atoms with van der Waals surface area (Å²) >= 11 is 0. The number of piperidine rings is 1. The lowest BCUT2D eigenvalue weighted by Crippen LogP contribution is -2.41. The second-order valence-corrected chi connectivity index (χ2v) is 8.17. The van der Waals surface area contributed by atoms with E-state index in [4.69, 9.17) is 9.15 Å². The van der Waals surface area contributed by atoms with Crippen molar-refractivity contribution in [2.75, 3.05) is 6.54 Å². The van der Waals surface area contributed by atoms with E-state index in [9.17, 15) is 13.2 Å². The van der Waals surface area contributed by atoms with Crippen molar-refractivity contribution in [1.82, 2.24) is 14.5 Å². The van der Waals surface area contributed by atoms with Gasteiger partial charge in [-0.25, -0.2) is 13.2 Å². The number of aromatic nitrogens is 2. The smallest absolute Gasteiger partial charge is 0.338 e. The predicted octanol–water partition coefficient (Wildman–Crippen LogP) is 2.30. The molecule has 2 aromatic rings. The molecule has 140 valence electrons. The molecule has 3 rings (SSSR count). The van der Waals surface area contributed by atoms with Gasteiger partial charge in [-0.3, -0.25) is 0 Å². The van der Waals surface area contributed by atoms with Crippen molar-refractivity contribution in [1.29, 1.82) is 0 Å². The molecule has 1 aromatic carbocycles. The van der Waals surface area contributed by atoms with Crippen LogP contribution in [0.15, 0.2) is 33.6 Å². The maximum Gasteiger partial charge on any atom is 0.338 e. The Hall–Kier alpha value is -2.26. The maximum atomic E-state index is 12.9. The summed E-state index contributed by atoms with van der Waals surface area (Å²) in [6, 6.07) is 5.84. The van der Waals surface area contributed by atoms with Gasteiger partial charge in [-0.05, 0) is 38.0 Å². The van der Waals surface area contributed by atoms with E-state index >= 15 is 0 Å². The third kappa shape index (κ3) is 3.94. The van der Waals surface area contributed by atoms with Gasteiger partial charge in [0.15, 0.2) is 6.61 Å². The maximum absolute atomic E-state index is 12.9. The monoisotopic (exact) mass is 379 g/mol. The van der Waals surface area contributed by atoms with Crippen LogP contribution in [0.4, 0.5) is 0 Å². The average molecular weight is 379 g/mol. The van der Waals surface area contributed by atoms with Gasteiger partial charge in [0, 0.05) is 19.5 Å². The number of aryl methyl sites for hydroxylation is 1. The minimum Gasteiger partial charge on any atom is -0.452 e. The summed E-state index contributed by atoms with van der Waals surface area (Å²) in [4.78, 5) is 12.3. The van der Waals surface area contributed by atoms with Crippen molar-refractivity contribution < 1.29 is 22.4 Å². The van der Waals surface area contributed by atoms with Gasteiger partial charge in [-0.2, -0.15) is 4.31 Å². The van der Waals surface area contributed by atoms with Crippen LogP contribution in [0.2, 0.25) is 0 Å². The molecular weight excluding hydrogens is 358 g/mol. The number of ether oxygens (including phenoxy) is 1. The lowest BCUT2D eigenvalue weighted by molar-refractivity contribution is 0.0436. The van der Waals surface area contributed by atoms with Crippen molar-refractivity contribution in [3.63, 3.8) is 0 Å². The Morgan fingerprint density at radius 2 is 2.15 bits per heavy atom. The van der Waals surface area contributed by atoms with Crippen molar-refractivity contribution in [2.45, 2.75) is 50.7 Å². The number of esters is 1. The van der Waals surface area contributed by atoms with Crippen LogP contribution in [-0.4, -0.2) is 41.5 Å². The molecule has 0 amide bonds. The van der Waals surface area contributed by atoms with E-state index in [1.165, 1.54) is 28.6 Å². The zero-order valence-electron chi connectivity index (χ0n) is 14.7. The standard InChI is InChI=1S/C17H21N3O5S/c1-12-6-3-4-9-20(12)26(22,23)15-8-5-7-14(10-15)17(21)24-11-16-19-18-13(2)25-16/h5,7-8,10,12H,3-4,6,9,11H2,1-2H3. The number of hydrogen-bond acceptors (Lipinski definition) is 7. The quantitative estimate of drug-likeness (QED) is 0.734. The fourth-order valence-electron chi connectivity index (χ4n) is 2.95. The minimum absolute atomic E-state index is 0.0508. The zero-order chi connectivity index (χ0) is 18.7. The third-order valence-electron chi connectivity index (χ3n) is 4.31. The van der Waals surface area contributed by atoms with E-state index in [0.29, 0.717) is 12.4 Å². The molecule has 1 aliphatic rings. The Morgan fingerprint density at radius 1 is 1.35 bits per heavy atom. The Labute approximate surface area is 152 Å². The van der Waals surface area contributed by atoms with Crippen LogP contribution in [0.1, 0.15) is 48.3 Å². The molecule has 1 fully saturated rings. The Morgan fingerprint density at radius 3 is 2.85 bits per heavy atom. The van der Waals surface area contributed by atoms with Crippen molar-refractivity contribution in [2.24, 2.45) is 0 Å². The molecule has 0 N–H and O–H groups in total. The van der Waals surface area contributed by atoms with E-state index in [-0.39, 0.29) is 29.0 Å². The van der Waals surface area contributed by atoms with E-state index in [2.05, 4.69) is 10.2 Å². The molecule has 0 spiro atoms. The minimum atomic E-state index is -3.65. The highest BCUT2D eigenvalue weighted by Gasteiger charge is 2.31. The lowest BCUT2D eigenvalue weighted by Gasteiger charge is -2.32. The number of rotatable bonds is 5. The predicted molar refractivity (Wildman–Crippen MR) is 91.8 cm³/mol. The van der Waals surface area contributed by atoms with Crippen LogP contribution in [0.5, 0.6) is 0 Å². The average Bonchev–Trinajstić information content (AvgIpc) is 3.05. The van der Waals surface area contributed by atoms with Crippen molar-refractivity contribution in [3.05, 3.63) is 41.6 Å². The normalized spacial score (nSPS) is 18.6. The van der Waals surface area contributed by atoms with E-state index in [0.717, 1.165) is 19.3 Å². The van der Waals surface area contributed by atoms with E-state index in [1.54, 1.807) is 6.92 Å². The SMILES string of the molecule is Cc1nnc(COC(=O)c2cccc(S(=O)(=O)N3CCCCC3C)c2)o1. The molecule has 0 aliphatic carbocycles. The van der Waals surface area contributed by atoms with Crippen LogP contribution in [0.25, 0.3) is 0 Å². The summed E-state index contributed by atoms with van der Waals surface area (Å²) in [7, 11) is -3.65. The number of hydrogen-bond donors (Lipinski definition) is 0. The number of nitrogens with zero attached hydrogens (tertiary/aromatic N) is 3. The molecule has 8 nitrogen and oxygen atoms in total. The van der Waals surface area contributed by atoms with Crippen LogP contribution < -0.4 is 0 Å². The second-order valence-electron chi connectivity index (χ2n) is 6.28. The molecule has 9 heteroatoms. The molecular formula is C17H21N3O5S. The van der Waals surface area contributed by atoms with E-state index in [1.807, 2.05) is 6.92 Å². The van der Waals surface area contributed by atoms with Gasteiger partial charge in [0.2, 0.25) is 15.9 Å². The Kier molecular flexibility index (Phi) is 5.38. The summed E-state index contributed by atoms with van der Waals surface area (Å²) < 4.78 is 37.5. The van der Waals surface area contributed by atoms with Gasteiger partial charge in [-0.1, -0.05) is 12.5 Å². The molecule has 1 aliphatic heterocycles. The second kappa shape index (κ2) is 7.55. The fourth-order valence-corrected chi connectivity index (χ4v) is 4.70. The zero-order valence-corrected chi connectivity index (χ0v) is 15.5. The van der Waals surface area contributed by atoms with Gasteiger partial charge in [0.05, 0.1) is 10.5 Å². The van der Waals surface area contributed by atoms with Gasteiger partial charge in [0.25, 0.3) is 5.89 Å². The largest absolute Gasteiger partial charge is 0.452 e. The first-order valence-corrected chi connectivity index (χ1v) is 9.90. The highest BCUT2D eigenvalue weighted by molar-refractivity contribution is 7.89. The molecule has 26 heavy (non-hydrogen) atoms.